The Labute approximate surface area is 162 Å². The van der Waals surface area contributed by atoms with E-state index in [4.69, 9.17) is 18.6 Å². The monoisotopic (exact) mass is 394 g/mol. The van der Waals surface area contributed by atoms with E-state index in [0.717, 1.165) is 0 Å². The van der Waals surface area contributed by atoms with E-state index in [9.17, 15) is 9.59 Å². The first-order valence-corrected chi connectivity index (χ1v) is 12.1. The summed E-state index contributed by atoms with van der Waals surface area (Å²) in [5.74, 6) is -0.920. The van der Waals surface area contributed by atoms with Gasteiger partial charge < -0.3 is 18.6 Å². The zero-order valence-corrected chi connectivity index (χ0v) is 18.0. The van der Waals surface area contributed by atoms with Crippen molar-refractivity contribution >= 4 is 20.3 Å². The minimum Gasteiger partial charge on any atom is -0.467 e. The highest BCUT2D eigenvalue weighted by molar-refractivity contribution is 6.74. The van der Waals surface area contributed by atoms with Gasteiger partial charge in [0.1, 0.15) is 0 Å². The molecule has 3 atom stereocenters. The molecule has 7 heteroatoms. The summed E-state index contributed by atoms with van der Waals surface area (Å²) >= 11 is 0. The molecule has 0 bridgehead atoms. The molecular formula is C20H30O6Si. The van der Waals surface area contributed by atoms with Crippen molar-refractivity contribution in [3.63, 3.8) is 0 Å². The molecule has 1 aliphatic rings. The fourth-order valence-electron chi connectivity index (χ4n) is 2.65. The third kappa shape index (κ3) is 5.64. The highest BCUT2D eigenvalue weighted by Crippen LogP contribution is 2.39. The van der Waals surface area contributed by atoms with Crippen molar-refractivity contribution < 1.29 is 28.2 Å². The largest absolute Gasteiger partial charge is 0.467 e. The van der Waals surface area contributed by atoms with Crippen LogP contribution in [0, 0.1) is 0 Å². The molecule has 0 aliphatic carbocycles. The molecular weight excluding hydrogens is 364 g/mol. The zero-order chi connectivity index (χ0) is 20.2. The molecule has 1 aliphatic heterocycles. The summed E-state index contributed by atoms with van der Waals surface area (Å²) in [7, 11) is -0.736. The lowest BCUT2D eigenvalue weighted by molar-refractivity contribution is -0.217. The van der Waals surface area contributed by atoms with E-state index in [1.165, 1.54) is 7.11 Å². The molecule has 6 nitrogen and oxygen atoms in total. The van der Waals surface area contributed by atoms with Gasteiger partial charge in [-0.2, -0.15) is 0 Å². The summed E-state index contributed by atoms with van der Waals surface area (Å²) in [5, 5.41) is 0.0310. The van der Waals surface area contributed by atoms with E-state index < -0.39 is 26.7 Å². The van der Waals surface area contributed by atoms with Gasteiger partial charge >= 0.3 is 11.9 Å². The zero-order valence-electron chi connectivity index (χ0n) is 17.0. The van der Waals surface area contributed by atoms with E-state index in [2.05, 4.69) is 33.9 Å². The van der Waals surface area contributed by atoms with Crippen LogP contribution in [-0.4, -0.2) is 39.8 Å². The van der Waals surface area contributed by atoms with Crippen LogP contribution in [0.1, 0.15) is 45.3 Å². The van der Waals surface area contributed by atoms with E-state index in [0.29, 0.717) is 12.0 Å². The maximum atomic E-state index is 12.2. The van der Waals surface area contributed by atoms with E-state index in [1.807, 2.05) is 18.2 Å². The number of carbonyl (C=O) groups excluding carboxylic acids is 2. The Kier molecular flexibility index (Phi) is 6.83. The van der Waals surface area contributed by atoms with Crippen molar-refractivity contribution in [3.8, 4) is 0 Å². The lowest BCUT2D eigenvalue weighted by Gasteiger charge is -2.41. The second kappa shape index (κ2) is 8.54. The third-order valence-corrected chi connectivity index (χ3v) is 9.72. The maximum Gasteiger partial charge on any atom is 0.339 e. The molecule has 0 N–H and O–H groups in total. The van der Waals surface area contributed by atoms with Crippen LogP contribution in [-0.2, 0) is 28.2 Å². The van der Waals surface area contributed by atoms with Crippen molar-refractivity contribution in [2.24, 2.45) is 0 Å². The van der Waals surface area contributed by atoms with Gasteiger partial charge in [0, 0.05) is 6.42 Å². The average molecular weight is 395 g/mol. The number of cyclic esters (lactones) is 1. The quantitative estimate of drug-likeness (QED) is 0.537. The van der Waals surface area contributed by atoms with Crippen molar-refractivity contribution in [1.29, 1.82) is 0 Å². The summed E-state index contributed by atoms with van der Waals surface area (Å²) in [6, 6.07) is 9.02. The minimum atomic E-state index is -2.04. The SMILES string of the molecule is COC(=O)[C@@H](O[C@H]1C[C@H](O[Si](C)(C)C(C)(C)C)CC(=O)O1)c1ccccc1. The molecule has 1 aromatic carbocycles. The number of hydrogen-bond acceptors (Lipinski definition) is 6. The highest BCUT2D eigenvalue weighted by atomic mass is 28.4. The Hall–Kier alpha value is -1.70. The van der Waals surface area contributed by atoms with Crippen molar-refractivity contribution in [1.82, 2.24) is 0 Å². The first kappa shape index (κ1) is 21.6. The Morgan fingerprint density at radius 1 is 1.22 bits per heavy atom. The smallest absolute Gasteiger partial charge is 0.339 e. The summed E-state index contributed by atoms with van der Waals surface area (Å²) in [5.41, 5.74) is 0.646. The lowest BCUT2D eigenvalue weighted by atomic mass is 10.1. The van der Waals surface area contributed by atoms with E-state index >= 15 is 0 Å². The van der Waals surface area contributed by atoms with Gasteiger partial charge in [-0.05, 0) is 23.7 Å². The van der Waals surface area contributed by atoms with Crippen LogP contribution in [0.15, 0.2) is 30.3 Å². The number of esters is 2. The van der Waals surface area contributed by atoms with Crippen LogP contribution in [0.3, 0.4) is 0 Å². The molecule has 0 saturated carbocycles. The first-order valence-electron chi connectivity index (χ1n) is 9.19. The maximum absolute atomic E-state index is 12.2. The summed E-state index contributed by atoms with van der Waals surface area (Å²) in [6.07, 6.45) is -1.52. The van der Waals surface area contributed by atoms with Gasteiger partial charge in [0.15, 0.2) is 14.4 Å². The number of rotatable bonds is 6. The van der Waals surface area contributed by atoms with Gasteiger partial charge in [0.05, 0.1) is 19.6 Å². The predicted molar refractivity (Wildman–Crippen MR) is 103 cm³/mol. The highest BCUT2D eigenvalue weighted by Gasteiger charge is 2.42. The molecule has 0 spiro atoms. The molecule has 1 fully saturated rings. The number of benzene rings is 1. The van der Waals surface area contributed by atoms with Gasteiger partial charge in [-0.25, -0.2) is 4.79 Å². The molecule has 27 heavy (non-hydrogen) atoms. The lowest BCUT2D eigenvalue weighted by Crippen LogP contribution is -2.47. The molecule has 1 saturated heterocycles. The summed E-state index contributed by atoms with van der Waals surface area (Å²) in [6.45, 7) is 10.7. The number of methoxy groups -OCH3 is 1. The van der Waals surface area contributed by atoms with Crippen LogP contribution in [0.4, 0.5) is 0 Å². The van der Waals surface area contributed by atoms with Crippen molar-refractivity contribution in [2.45, 2.75) is 70.2 Å². The predicted octanol–water partition coefficient (Wildman–Crippen LogP) is 3.97. The normalized spacial score (nSPS) is 22.1. The number of ether oxygens (including phenoxy) is 3. The third-order valence-electron chi connectivity index (χ3n) is 5.19. The van der Waals surface area contributed by atoms with Gasteiger partial charge in [0.25, 0.3) is 0 Å². The molecule has 0 unspecified atom stereocenters. The summed E-state index contributed by atoms with van der Waals surface area (Å²) in [4.78, 5) is 24.3. The van der Waals surface area contributed by atoms with Crippen LogP contribution >= 0.6 is 0 Å². The van der Waals surface area contributed by atoms with Crippen LogP contribution in [0.2, 0.25) is 18.1 Å². The fraction of sp³-hybridized carbons (Fsp3) is 0.600. The molecule has 0 amide bonds. The van der Waals surface area contributed by atoms with Gasteiger partial charge in [-0.3, -0.25) is 4.79 Å². The second-order valence-corrected chi connectivity index (χ2v) is 13.1. The van der Waals surface area contributed by atoms with Gasteiger partial charge in [0.2, 0.25) is 6.29 Å². The van der Waals surface area contributed by atoms with Crippen LogP contribution < -0.4 is 0 Å². The molecule has 1 aromatic rings. The van der Waals surface area contributed by atoms with Crippen molar-refractivity contribution in [2.75, 3.05) is 7.11 Å². The van der Waals surface area contributed by atoms with Crippen molar-refractivity contribution in [3.05, 3.63) is 35.9 Å². The standard InChI is InChI=1S/C20H30O6Si/c1-20(2,3)27(5,6)26-15-12-16(21)24-17(13-15)25-18(19(22)23-4)14-10-8-7-9-11-14/h7-11,15,17-18H,12-13H2,1-6H3/t15-,17+,18+/m1/s1. The molecule has 0 aromatic heterocycles. The van der Waals surface area contributed by atoms with Crippen LogP contribution in [0.25, 0.3) is 0 Å². The average Bonchev–Trinajstić information content (AvgIpc) is 2.58. The minimum absolute atomic E-state index is 0.0310. The second-order valence-electron chi connectivity index (χ2n) is 8.31. The van der Waals surface area contributed by atoms with E-state index in [1.54, 1.807) is 12.1 Å². The van der Waals surface area contributed by atoms with Gasteiger partial charge in [-0.1, -0.05) is 51.1 Å². The Bertz CT molecular complexity index is 652. The summed E-state index contributed by atoms with van der Waals surface area (Å²) < 4.78 is 22.4. The first-order chi connectivity index (χ1) is 12.5. The Morgan fingerprint density at radius 3 is 2.41 bits per heavy atom. The molecule has 0 radical (unpaired) electrons. The van der Waals surface area contributed by atoms with Gasteiger partial charge in [-0.15, -0.1) is 0 Å². The fourth-order valence-corrected chi connectivity index (χ4v) is 4.02. The molecule has 1 heterocycles. The number of hydrogen-bond donors (Lipinski definition) is 0. The molecule has 2 rings (SSSR count). The molecule has 150 valence electrons. The van der Waals surface area contributed by atoms with Crippen LogP contribution in [0.5, 0.6) is 0 Å². The Morgan fingerprint density at radius 2 is 1.85 bits per heavy atom. The number of carbonyl (C=O) groups is 2. The van der Waals surface area contributed by atoms with E-state index in [-0.39, 0.29) is 23.5 Å². The Balaban J connectivity index is 2.12. The topological polar surface area (TPSA) is 71.1 Å².